The van der Waals surface area contributed by atoms with Crippen LogP contribution >= 0.6 is 22.7 Å². The van der Waals surface area contributed by atoms with Gasteiger partial charge in [0.2, 0.25) is 0 Å². The summed E-state index contributed by atoms with van der Waals surface area (Å²) in [6.45, 7) is 0. The van der Waals surface area contributed by atoms with Gasteiger partial charge in [0, 0.05) is 73.2 Å². The van der Waals surface area contributed by atoms with Crippen LogP contribution in [0.5, 0.6) is 0 Å². The van der Waals surface area contributed by atoms with E-state index in [-0.39, 0.29) is 0 Å². The van der Waals surface area contributed by atoms with E-state index in [2.05, 4.69) is 211 Å². The van der Waals surface area contributed by atoms with Gasteiger partial charge in [-0.1, -0.05) is 140 Å². The molecule has 0 aliphatic carbocycles. The quantitative estimate of drug-likeness (QED) is 0.176. The van der Waals surface area contributed by atoms with Gasteiger partial charge in [0.15, 0.2) is 17.5 Å². The highest BCUT2D eigenvalue weighted by molar-refractivity contribution is 7.26. The van der Waals surface area contributed by atoms with E-state index in [9.17, 15) is 0 Å². The molecule has 0 saturated carbocycles. The topological polar surface area (TPSA) is 56.7 Å². The second-order valence-electron chi connectivity index (χ2n) is 18.3. The Morgan fingerprint density at radius 1 is 0.314 bits per heavy atom. The molecule has 5 nitrogen and oxygen atoms in total. The minimum absolute atomic E-state index is 0.568. The third-order valence-electron chi connectivity index (χ3n) is 14.3. The average molecular weight is 927 g/mol. The van der Waals surface area contributed by atoms with Crippen molar-refractivity contribution in [1.29, 1.82) is 0 Å². The number of rotatable bonds is 4. The van der Waals surface area contributed by atoms with Crippen molar-refractivity contribution in [3.63, 3.8) is 0 Å². The van der Waals surface area contributed by atoms with Gasteiger partial charge in [-0.15, -0.1) is 22.7 Å². The van der Waals surface area contributed by atoms with Gasteiger partial charge in [-0.2, -0.15) is 0 Å². The van der Waals surface area contributed by atoms with Gasteiger partial charge in [-0.05, 0) is 99.0 Å². The average Bonchev–Trinajstić information content (AvgIpc) is 4.17. The number of benzene rings is 11. The second-order valence-corrected chi connectivity index (χ2v) is 20.5. The molecule has 11 aromatic carbocycles. The minimum Gasteiger partial charge on any atom is -0.456 e. The van der Waals surface area contributed by atoms with Crippen LogP contribution in [0.4, 0.5) is 0 Å². The van der Waals surface area contributed by atoms with Gasteiger partial charge in [0.1, 0.15) is 11.2 Å². The fraction of sp³-hybridized carbons (Fsp3) is 0. The summed E-state index contributed by atoms with van der Waals surface area (Å²) in [5, 5.41) is 16.6. The number of hydrogen-bond donors (Lipinski definition) is 0. The first-order valence-electron chi connectivity index (χ1n) is 23.5. The van der Waals surface area contributed by atoms with E-state index in [4.69, 9.17) is 19.4 Å². The van der Waals surface area contributed by atoms with Gasteiger partial charge in [0.25, 0.3) is 0 Å². The second kappa shape index (κ2) is 14.4. The summed E-state index contributed by atoms with van der Waals surface area (Å²) in [5.41, 5.74) is 7.51. The molecule has 16 aromatic rings. The Morgan fingerprint density at radius 3 is 1.47 bits per heavy atom. The van der Waals surface area contributed by atoms with Crippen molar-refractivity contribution < 1.29 is 4.42 Å². The molecule has 70 heavy (non-hydrogen) atoms. The van der Waals surface area contributed by atoms with Crippen LogP contribution in [0.2, 0.25) is 0 Å². The molecule has 0 N–H and O–H groups in total. The smallest absolute Gasteiger partial charge is 0.164 e. The highest BCUT2D eigenvalue weighted by Crippen LogP contribution is 2.45. The third-order valence-corrected chi connectivity index (χ3v) is 16.6. The van der Waals surface area contributed by atoms with Crippen LogP contribution in [-0.4, -0.2) is 19.5 Å². The van der Waals surface area contributed by atoms with E-state index in [0.717, 1.165) is 66.1 Å². The zero-order chi connectivity index (χ0) is 45.6. The van der Waals surface area contributed by atoms with E-state index in [0.29, 0.717) is 17.5 Å². The van der Waals surface area contributed by atoms with Crippen molar-refractivity contribution in [1.82, 2.24) is 19.5 Å². The maximum Gasteiger partial charge on any atom is 0.164 e. The standard InChI is InChI=1S/C63H34N4OS2/c1-3-14-38-29-51-48(27-36(38)12-1)59-43-16-6-5-11-35(43)23-26-50(59)67(51)52-30-42(32-54-60(52)49-28-37-13-2-4-15-39(37)31-53(49)68-54)63-65-61(40-21-24-46-44-17-7-9-19-55(44)69-57(46)33-40)64-62(66-63)41-22-25-47-45-18-8-10-20-56(45)70-58(47)34-41/h1-34H. The summed E-state index contributed by atoms with van der Waals surface area (Å²) in [5.74, 6) is 1.80. The predicted octanol–water partition coefficient (Wildman–Crippen LogP) is 18.1. The Bertz CT molecular complexity index is 4790. The van der Waals surface area contributed by atoms with Crippen molar-refractivity contribution in [2.24, 2.45) is 0 Å². The normalized spacial score (nSPS) is 12.3. The Morgan fingerprint density at radius 2 is 0.829 bits per heavy atom. The molecule has 0 atom stereocenters. The molecule has 0 amide bonds. The van der Waals surface area contributed by atoms with Crippen LogP contribution in [0.1, 0.15) is 0 Å². The molecule has 0 bridgehead atoms. The van der Waals surface area contributed by atoms with Crippen LogP contribution in [0.25, 0.3) is 156 Å². The first kappa shape index (κ1) is 38.2. The van der Waals surface area contributed by atoms with Crippen LogP contribution in [0.3, 0.4) is 0 Å². The number of thiophene rings is 2. The van der Waals surface area contributed by atoms with Gasteiger partial charge in [0.05, 0.1) is 22.1 Å². The van der Waals surface area contributed by atoms with Crippen molar-refractivity contribution in [2.45, 2.75) is 0 Å². The molecule has 7 heteroatoms. The molecule has 0 spiro atoms. The maximum absolute atomic E-state index is 7.03. The van der Waals surface area contributed by atoms with Crippen LogP contribution in [0.15, 0.2) is 211 Å². The van der Waals surface area contributed by atoms with Gasteiger partial charge in [-0.3, -0.25) is 0 Å². The molecule has 0 aliphatic heterocycles. The van der Waals surface area contributed by atoms with Crippen molar-refractivity contribution in [2.75, 3.05) is 0 Å². The lowest BCUT2D eigenvalue weighted by Crippen LogP contribution is -2.01. The van der Waals surface area contributed by atoms with Gasteiger partial charge >= 0.3 is 0 Å². The molecule has 0 radical (unpaired) electrons. The largest absolute Gasteiger partial charge is 0.456 e. The van der Waals surface area contributed by atoms with E-state index >= 15 is 0 Å². The monoisotopic (exact) mass is 926 g/mol. The lowest BCUT2D eigenvalue weighted by molar-refractivity contribution is 0.669. The molecule has 0 saturated heterocycles. The summed E-state index contributed by atoms with van der Waals surface area (Å²) in [7, 11) is 0. The van der Waals surface area contributed by atoms with Gasteiger partial charge < -0.3 is 8.98 Å². The van der Waals surface area contributed by atoms with E-state index in [1.54, 1.807) is 22.7 Å². The third kappa shape index (κ3) is 5.61. The fourth-order valence-electron chi connectivity index (χ4n) is 11.1. The zero-order valence-electron chi connectivity index (χ0n) is 37.1. The molecule has 16 rings (SSSR count). The summed E-state index contributed by atoms with van der Waals surface area (Å²) in [6, 6.07) is 74.5. The number of nitrogens with zero attached hydrogens (tertiary/aromatic N) is 4. The molecular formula is C63H34N4OS2. The molecular weight excluding hydrogens is 893 g/mol. The Labute approximate surface area is 406 Å². The molecule has 5 heterocycles. The number of hydrogen-bond acceptors (Lipinski definition) is 6. The lowest BCUT2D eigenvalue weighted by atomic mass is 10.0. The van der Waals surface area contributed by atoms with Crippen molar-refractivity contribution in [3.05, 3.63) is 206 Å². The first-order chi connectivity index (χ1) is 34.6. The Balaban J connectivity index is 1.01. The molecule has 0 unspecified atom stereocenters. The highest BCUT2D eigenvalue weighted by atomic mass is 32.1. The van der Waals surface area contributed by atoms with Crippen molar-refractivity contribution >= 4 is 139 Å². The zero-order valence-corrected chi connectivity index (χ0v) is 38.8. The van der Waals surface area contributed by atoms with Crippen LogP contribution < -0.4 is 0 Å². The lowest BCUT2D eigenvalue weighted by Gasteiger charge is -2.14. The molecule has 0 aliphatic rings. The summed E-state index contributed by atoms with van der Waals surface area (Å²) < 4.78 is 14.4. The Kier molecular flexibility index (Phi) is 7.86. The molecule has 5 aromatic heterocycles. The van der Waals surface area contributed by atoms with Crippen molar-refractivity contribution in [3.8, 4) is 39.9 Å². The van der Waals surface area contributed by atoms with Crippen LogP contribution in [0, 0.1) is 0 Å². The molecule has 0 fully saturated rings. The predicted molar refractivity (Wildman–Crippen MR) is 296 cm³/mol. The number of aromatic nitrogens is 4. The fourth-order valence-corrected chi connectivity index (χ4v) is 13.4. The summed E-state index contributed by atoms with van der Waals surface area (Å²) in [4.78, 5) is 16.2. The maximum atomic E-state index is 7.03. The SMILES string of the molecule is c1ccc2cc3c(cc2c1)oc1cc(-c2nc(-c4ccc5c(c4)sc4ccccc45)nc(-c4ccc5c(c4)sc4ccccc45)n2)cc(-n2c4cc5ccccc5cc4c4c5ccccc5ccc42)c13. The van der Waals surface area contributed by atoms with Crippen LogP contribution in [-0.2, 0) is 0 Å². The Hall–Kier alpha value is -8.75. The van der Waals surface area contributed by atoms with E-state index in [1.165, 1.54) is 72.7 Å². The van der Waals surface area contributed by atoms with E-state index in [1.807, 2.05) is 0 Å². The highest BCUT2D eigenvalue weighted by Gasteiger charge is 2.24. The molecule has 324 valence electrons. The minimum atomic E-state index is 0.568. The van der Waals surface area contributed by atoms with Gasteiger partial charge in [-0.25, -0.2) is 15.0 Å². The number of fused-ring (bicyclic) bond motifs is 16. The number of furan rings is 1. The summed E-state index contributed by atoms with van der Waals surface area (Å²) >= 11 is 3.59. The first-order valence-corrected chi connectivity index (χ1v) is 25.1. The summed E-state index contributed by atoms with van der Waals surface area (Å²) in [6.07, 6.45) is 0. The van der Waals surface area contributed by atoms with E-state index < -0.39 is 0 Å².